The van der Waals surface area contributed by atoms with Gasteiger partial charge >= 0.3 is 0 Å². The molecule has 0 radical (unpaired) electrons. The van der Waals surface area contributed by atoms with E-state index in [0.29, 0.717) is 0 Å². The first-order chi connectivity index (χ1) is 5.07. The fourth-order valence-corrected chi connectivity index (χ4v) is 2.26. The van der Waals surface area contributed by atoms with E-state index in [2.05, 4.69) is 5.32 Å². The van der Waals surface area contributed by atoms with Crippen molar-refractivity contribution in [3.8, 4) is 0 Å². The van der Waals surface area contributed by atoms with Gasteiger partial charge in [-0.3, -0.25) is 4.79 Å². The highest BCUT2D eigenvalue weighted by atomic mass is 32.2. The summed E-state index contributed by atoms with van der Waals surface area (Å²) in [5, 5.41) is 3.23. The van der Waals surface area contributed by atoms with Crippen LogP contribution in [-0.4, -0.2) is 29.0 Å². The highest BCUT2D eigenvalue weighted by Crippen LogP contribution is 2.30. The number of nitrogens with two attached hydrogens (primary N) is 1. The topological polar surface area (TPSA) is 55.1 Å². The zero-order valence-electron chi connectivity index (χ0n) is 6.89. The molecule has 0 saturated carbocycles. The summed E-state index contributed by atoms with van der Waals surface area (Å²) in [7, 11) is 0. The average Bonchev–Trinajstić information content (AvgIpc) is 1.95. The summed E-state index contributed by atoms with van der Waals surface area (Å²) >= 11 is 1.64. The van der Waals surface area contributed by atoms with Crippen molar-refractivity contribution in [3.05, 3.63) is 0 Å². The van der Waals surface area contributed by atoms with Crippen LogP contribution in [0.1, 0.15) is 13.8 Å². The molecule has 0 aliphatic carbocycles. The first-order valence-electron chi connectivity index (χ1n) is 3.74. The SMILES string of the molecule is CC1NCCSC1(C)C(N)=O. The van der Waals surface area contributed by atoms with Gasteiger partial charge in [0.2, 0.25) is 5.91 Å². The lowest BCUT2D eigenvalue weighted by Gasteiger charge is -2.36. The quantitative estimate of drug-likeness (QED) is 0.586. The molecule has 0 aromatic heterocycles. The maximum absolute atomic E-state index is 11.0. The van der Waals surface area contributed by atoms with Crippen molar-refractivity contribution in [2.45, 2.75) is 24.6 Å². The summed E-state index contributed by atoms with van der Waals surface area (Å²) in [6.07, 6.45) is 0. The lowest BCUT2D eigenvalue weighted by molar-refractivity contribution is -0.120. The number of thioether (sulfide) groups is 1. The van der Waals surface area contributed by atoms with Gasteiger partial charge in [0.05, 0.1) is 0 Å². The molecule has 4 heteroatoms. The Labute approximate surface area is 71.1 Å². The van der Waals surface area contributed by atoms with Gasteiger partial charge in [0, 0.05) is 18.3 Å². The lowest BCUT2D eigenvalue weighted by atomic mass is 10.0. The molecular weight excluding hydrogens is 160 g/mol. The van der Waals surface area contributed by atoms with Crippen LogP contribution in [0.3, 0.4) is 0 Å². The van der Waals surface area contributed by atoms with Gasteiger partial charge < -0.3 is 11.1 Å². The van der Waals surface area contributed by atoms with E-state index in [4.69, 9.17) is 5.73 Å². The molecule has 1 aliphatic heterocycles. The van der Waals surface area contributed by atoms with Crippen molar-refractivity contribution in [1.82, 2.24) is 5.32 Å². The molecule has 0 aromatic rings. The molecule has 0 bridgehead atoms. The molecule has 0 aromatic carbocycles. The van der Waals surface area contributed by atoms with E-state index >= 15 is 0 Å². The van der Waals surface area contributed by atoms with Crippen LogP contribution in [-0.2, 0) is 4.79 Å². The Hall–Kier alpha value is -0.220. The fraction of sp³-hybridized carbons (Fsp3) is 0.857. The zero-order chi connectivity index (χ0) is 8.48. The molecule has 1 amide bonds. The molecule has 1 aliphatic rings. The van der Waals surface area contributed by atoms with E-state index < -0.39 is 4.75 Å². The molecule has 1 fully saturated rings. The number of rotatable bonds is 1. The fourth-order valence-electron chi connectivity index (χ4n) is 1.14. The highest BCUT2D eigenvalue weighted by Gasteiger charge is 2.39. The molecule has 1 saturated heterocycles. The minimum Gasteiger partial charge on any atom is -0.368 e. The predicted molar refractivity (Wildman–Crippen MR) is 47.5 cm³/mol. The van der Waals surface area contributed by atoms with Crippen molar-refractivity contribution in [3.63, 3.8) is 0 Å². The number of carbonyl (C=O) groups is 1. The summed E-state index contributed by atoms with van der Waals surface area (Å²) in [5.41, 5.74) is 5.29. The molecule has 1 rings (SSSR count). The number of hydrogen-bond acceptors (Lipinski definition) is 3. The van der Waals surface area contributed by atoms with Crippen LogP contribution in [0, 0.1) is 0 Å². The monoisotopic (exact) mass is 174 g/mol. The molecule has 3 nitrogen and oxygen atoms in total. The Morgan fingerprint density at radius 3 is 2.82 bits per heavy atom. The van der Waals surface area contributed by atoms with Gasteiger partial charge in [-0.05, 0) is 13.8 Å². The van der Waals surface area contributed by atoms with Crippen molar-refractivity contribution in [2.75, 3.05) is 12.3 Å². The second kappa shape index (κ2) is 3.03. The second-order valence-electron chi connectivity index (χ2n) is 3.00. The molecule has 1 heterocycles. The zero-order valence-corrected chi connectivity index (χ0v) is 7.70. The number of primary amides is 1. The van der Waals surface area contributed by atoms with Gasteiger partial charge in [-0.1, -0.05) is 0 Å². The summed E-state index contributed by atoms with van der Waals surface area (Å²) in [6.45, 7) is 4.86. The van der Waals surface area contributed by atoms with E-state index in [1.54, 1.807) is 11.8 Å². The molecule has 11 heavy (non-hydrogen) atoms. The van der Waals surface area contributed by atoms with Gasteiger partial charge in [0.1, 0.15) is 4.75 Å². The number of amides is 1. The molecule has 3 N–H and O–H groups in total. The number of nitrogens with one attached hydrogen (secondary N) is 1. The maximum atomic E-state index is 11.0. The molecular formula is C7H14N2OS. The van der Waals surface area contributed by atoms with Crippen LogP contribution in [0.2, 0.25) is 0 Å². The number of carbonyl (C=O) groups excluding carboxylic acids is 1. The summed E-state index contributed by atoms with van der Waals surface area (Å²) < 4.78 is -0.418. The number of hydrogen-bond donors (Lipinski definition) is 2. The Morgan fingerprint density at radius 1 is 1.82 bits per heavy atom. The van der Waals surface area contributed by atoms with Crippen molar-refractivity contribution >= 4 is 17.7 Å². The van der Waals surface area contributed by atoms with Crippen molar-refractivity contribution in [2.24, 2.45) is 5.73 Å². The van der Waals surface area contributed by atoms with E-state index in [1.165, 1.54) is 0 Å². The van der Waals surface area contributed by atoms with Crippen molar-refractivity contribution in [1.29, 1.82) is 0 Å². The third-order valence-corrected chi connectivity index (χ3v) is 3.83. The molecule has 2 atom stereocenters. The largest absolute Gasteiger partial charge is 0.368 e. The predicted octanol–water partition coefficient (Wildman–Crippen LogP) is -0.0447. The average molecular weight is 174 g/mol. The van der Waals surface area contributed by atoms with Gasteiger partial charge in [0.15, 0.2) is 0 Å². The molecule has 64 valence electrons. The summed E-state index contributed by atoms with van der Waals surface area (Å²) in [5.74, 6) is 0.742. The molecule has 2 unspecified atom stereocenters. The van der Waals surface area contributed by atoms with Crippen LogP contribution >= 0.6 is 11.8 Å². The van der Waals surface area contributed by atoms with E-state index in [1.807, 2.05) is 13.8 Å². The van der Waals surface area contributed by atoms with Crippen LogP contribution in [0.5, 0.6) is 0 Å². The minimum atomic E-state index is -0.418. The first kappa shape index (κ1) is 8.87. The van der Waals surface area contributed by atoms with E-state index in [-0.39, 0.29) is 11.9 Å². The molecule has 0 spiro atoms. The van der Waals surface area contributed by atoms with Gasteiger partial charge in [0.25, 0.3) is 0 Å². The smallest absolute Gasteiger partial charge is 0.234 e. The normalized spacial score (nSPS) is 38.5. The Bertz CT molecular complexity index is 174. The second-order valence-corrected chi connectivity index (χ2v) is 4.54. The van der Waals surface area contributed by atoms with E-state index in [9.17, 15) is 4.79 Å². The third-order valence-electron chi connectivity index (χ3n) is 2.27. The first-order valence-corrected chi connectivity index (χ1v) is 4.73. The van der Waals surface area contributed by atoms with Gasteiger partial charge in [-0.2, -0.15) is 0 Å². The summed E-state index contributed by atoms with van der Waals surface area (Å²) in [4.78, 5) is 11.0. The van der Waals surface area contributed by atoms with Crippen molar-refractivity contribution < 1.29 is 4.79 Å². The van der Waals surface area contributed by atoms with Crippen LogP contribution in [0.4, 0.5) is 0 Å². The maximum Gasteiger partial charge on any atom is 0.234 e. The summed E-state index contributed by atoms with van der Waals surface area (Å²) in [6, 6.07) is 0.179. The Balaban J connectivity index is 2.72. The Kier molecular flexibility index (Phi) is 2.44. The standard InChI is InChI=1S/C7H14N2OS/c1-5-7(2,6(8)10)11-4-3-9-5/h5,9H,3-4H2,1-2H3,(H2,8,10). The van der Waals surface area contributed by atoms with Gasteiger partial charge in [-0.25, -0.2) is 0 Å². The van der Waals surface area contributed by atoms with Crippen LogP contribution in [0.25, 0.3) is 0 Å². The highest BCUT2D eigenvalue weighted by molar-refractivity contribution is 8.01. The Morgan fingerprint density at radius 2 is 2.45 bits per heavy atom. The van der Waals surface area contributed by atoms with Gasteiger partial charge in [-0.15, -0.1) is 11.8 Å². The van der Waals surface area contributed by atoms with Crippen LogP contribution < -0.4 is 11.1 Å². The lowest BCUT2D eigenvalue weighted by Crippen LogP contribution is -2.56. The van der Waals surface area contributed by atoms with E-state index in [0.717, 1.165) is 12.3 Å². The third kappa shape index (κ3) is 1.51. The minimum absolute atomic E-state index is 0.179. The van der Waals surface area contributed by atoms with Crippen LogP contribution in [0.15, 0.2) is 0 Å².